The van der Waals surface area contributed by atoms with Crippen molar-refractivity contribution in [2.45, 2.75) is 12.8 Å². The van der Waals surface area contributed by atoms with Gasteiger partial charge in [0.05, 0.1) is 13.2 Å². The van der Waals surface area contributed by atoms with E-state index in [9.17, 15) is 4.57 Å². The van der Waals surface area contributed by atoms with Crippen molar-refractivity contribution in [2.75, 3.05) is 20.3 Å². The van der Waals surface area contributed by atoms with Gasteiger partial charge >= 0.3 is 7.82 Å². The van der Waals surface area contributed by atoms with Gasteiger partial charge < -0.3 is 0 Å². The van der Waals surface area contributed by atoms with Gasteiger partial charge in [0.2, 0.25) is 0 Å². The van der Waals surface area contributed by atoms with E-state index in [-0.39, 0.29) is 13.2 Å². The van der Waals surface area contributed by atoms with Gasteiger partial charge in [-0.1, -0.05) is 0 Å². The van der Waals surface area contributed by atoms with E-state index >= 15 is 0 Å². The van der Waals surface area contributed by atoms with Crippen LogP contribution < -0.4 is 0 Å². The van der Waals surface area contributed by atoms with Crippen LogP contribution in [-0.4, -0.2) is 20.3 Å². The van der Waals surface area contributed by atoms with E-state index in [0.29, 0.717) is 12.8 Å². The molecule has 0 saturated heterocycles. The molecule has 0 N–H and O–H groups in total. The van der Waals surface area contributed by atoms with Crippen LogP contribution in [0.1, 0.15) is 12.8 Å². The highest BCUT2D eigenvalue weighted by atomic mass is 31.2. The third-order valence-corrected chi connectivity index (χ3v) is 2.66. The average molecular weight is 216 g/mol. The molecule has 0 fully saturated rings. The number of rotatable bonds is 7. The minimum atomic E-state index is -3.45. The Hall–Kier alpha value is -0.770. The molecule has 0 heterocycles. The number of phosphoric ester groups is 1. The van der Waals surface area contributed by atoms with E-state index in [2.05, 4.69) is 16.4 Å². The van der Waals surface area contributed by atoms with Crippen molar-refractivity contribution in [2.24, 2.45) is 0 Å². The molecule has 0 aromatic carbocycles. The first-order valence-corrected chi connectivity index (χ1v) is 5.46. The molecule has 0 aliphatic heterocycles. The van der Waals surface area contributed by atoms with Gasteiger partial charge in [0, 0.05) is 20.0 Å². The van der Waals surface area contributed by atoms with Crippen molar-refractivity contribution < 1.29 is 18.1 Å². The Morgan fingerprint density at radius 1 is 1.14 bits per heavy atom. The summed E-state index contributed by atoms with van der Waals surface area (Å²) in [4.78, 5) is 0. The quantitative estimate of drug-likeness (QED) is 0.370. The smallest absolute Gasteiger partial charge is 0.290 e. The van der Waals surface area contributed by atoms with Gasteiger partial charge in [-0.2, -0.15) is 0 Å². The van der Waals surface area contributed by atoms with Crippen molar-refractivity contribution in [1.29, 1.82) is 0 Å². The van der Waals surface area contributed by atoms with Crippen LogP contribution in [-0.2, 0) is 18.1 Å². The average Bonchev–Trinajstić information content (AvgIpc) is 2.19. The van der Waals surface area contributed by atoms with Crippen molar-refractivity contribution in [3.63, 3.8) is 0 Å². The number of hydrogen-bond donors (Lipinski definition) is 0. The fourth-order valence-corrected chi connectivity index (χ4v) is 1.49. The highest BCUT2D eigenvalue weighted by molar-refractivity contribution is 7.48. The summed E-state index contributed by atoms with van der Waals surface area (Å²) in [5.41, 5.74) is 0. The summed E-state index contributed by atoms with van der Waals surface area (Å²) in [6, 6.07) is 0. The lowest BCUT2D eigenvalue weighted by molar-refractivity contribution is 0.135. The van der Waals surface area contributed by atoms with Crippen LogP contribution in [0.15, 0.2) is 0 Å². The molecule has 0 radical (unpaired) electrons. The first-order valence-electron chi connectivity index (χ1n) is 4.00. The predicted molar refractivity (Wildman–Crippen MR) is 53.4 cm³/mol. The minimum absolute atomic E-state index is 0.137. The molecule has 0 rings (SSSR count). The maximum atomic E-state index is 11.5. The molecule has 0 aliphatic carbocycles. The number of phosphoric acid groups is 1. The zero-order valence-electron chi connectivity index (χ0n) is 8.06. The van der Waals surface area contributed by atoms with Gasteiger partial charge in [0.1, 0.15) is 0 Å². The molecule has 14 heavy (non-hydrogen) atoms. The minimum Gasteiger partial charge on any atom is -0.290 e. The Morgan fingerprint density at radius 2 is 1.57 bits per heavy atom. The van der Waals surface area contributed by atoms with Crippen LogP contribution in [0.2, 0.25) is 0 Å². The van der Waals surface area contributed by atoms with E-state index < -0.39 is 7.82 Å². The summed E-state index contributed by atoms with van der Waals surface area (Å²) >= 11 is 0. The zero-order chi connectivity index (χ0) is 10.9. The SMILES string of the molecule is C#CCCOP(=O)(OC)OCCC#C. The van der Waals surface area contributed by atoms with E-state index in [1.165, 1.54) is 7.11 Å². The summed E-state index contributed by atoms with van der Waals surface area (Å²) in [5, 5.41) is 0. The lowest BCUT2D eigenvalue weighted by atomic mass is 10.5. The molecule has 0 amide bonds. The van der Waals surface area contributed by atoms with E-state index in [1.807, 2.05) is 0 Å². The van der Waals surface area contributed by atoms with E-state index in [1.54, 1.807) is 0 Å². The maximum absolute atomic E-state index is 11.5. The predicted octanol–water partition coefficient (Wildman–Crippen LogP) is 1.82. The topological polar surface area (TPSA) is 44.8 Å². The lowest BCUT2D eigenvalue weighted by Gasteiger charge is -2.14. The van der Waals surface area contributed by atoms with Crippen LogP contribution in [0.3, 0.4) is 0 Å². The third-order valence-electron chi connectivity index (χ3n) is 1.22. The second kappa shape index (κ2) is 7.62. The van der Waals surface area contributed by atoms with Crippen LogP contribution in [0.4, 0.5) is 0 Å². The summed E-state index contributed by atoms with van der Waals surface area (Å²) in [6.45, 7) is 0.273. The standard InChI is InChI=1S/C9H13O4P/c1-4-6-8-12-14(10,11-3)13-9-7-5-2/h1-2H,6-9H2,3H3. The molecule has 5 heteroatoms. The Morgan fingerprint density at radius 3 is 1.86 bits per heavy atom. The van der Waals surface area contributed by atoms with E-state index in [0.717, 1.165) is 0 Å². The Balaban J connectivity index is 3.88. The molecule has 0 atom stereocenters. The molecule has 78 valence electrons. The first kappa shape index (κ1) is 13.2. The maximum Gasteiger partial charge on any atom is 0.474 e. The molecule has 0 bridgehead atoms. The van der Waals surface area contributed by atoms with Gasteiger partial charge in [0.25, 0.3) is 0 Å². The van der Waals surface area contributed by atoms with Crippen molar-refractivity contribution in [3.8, 4) is 24.7 Å². The van der Waals surface area contributed by atoms with Gasteiger partial charge in [-0.25, -0.2) is 4.57 Å². The second-order valence-electron chi connectivity index (χ2n) is 2.20. The molecule has 4 nitrogen and oxygen atoms in total. The Bertz CT molecular complexity index is 250. The molecule has 0 aromatic heterocycles. The number of hydrogen-bond acceptors (Lipinski definition) is 4. The van der Waals surface area contributed by atoms with Gasteiger partial charge in [0.15, 0.2) is 0 Å². The lowest BCUT2D eigenvalue weighted by Crippen LogP contribution is -2.00. The first-order chi connectivity index (χ1) is 6.68. The molecule has 0 aromatic rings. The van der Waals surface area contributed by atoms with Gasteiger partial charge in [-0.05, 0) is 0 Å². The summed E-state index contributed by atoms with van der Waals surface area (Å²) in [5.74, 6) is 4.68. The largest absolute Gasteiger partial charge is 0.474 e. The van der Waals surface area contributed by atoms with Crippen molar-refractivity contribution in [1.82, 2.24) is 0 Å². The van der Waals surface area contributed by atoms with Gasteiger partial charge in [-0.15, -0.1) is 24.7 Å². The Labute approximate surface area is 84.5 Å². The molecular formula is C9H13O4P. The fourth-order valence-electron chi connectivity index (χ4n) is 0.575. The highest BCUT2D eigenvalue weighted by Crippen LogP contribution is 2.48. The second-order valence-corrected chi connectivity index (χ2v) is 3.98. The fraction of sp³-hybridized carbons (Fsp3) is 0.556. The molecule has 0 unspecified atom stereocenters. The van der Waals surface area contributed by atoms with Crippen LogP contribution in [0.25, 0.3) is 0 Å². The van der Waals surface area contributed by atoms with Crippen molar-refractivity contribution >= 4 is 7.82 Å². The molecule has 0 spiro atoms. The molecule has 0 saturated carbocycles. The van der Waals surface area contributed by atoms with Crippen LogP contribution in [0.5, 0.6) is 0 Å². The van der Waals surface area contributed by atoms with Crippen LogP contribution >= 0.6 is 7.82 Å². The third kappa shape index (κ3) is 5.80. The highest BCUT2D eigenvalue weighted by Gasteiger charge is 2.23. The summed E-state index contributed by atoms with van der Waals surface area (Å²) in [6.07, 6.45) is 10.7. The number of terminal acetylenes is 2. The van der Waals surface area contributed by atoms with Gasteiger partial charge in [-0.3, -0.25) is 13.6 Å². The van der Waals surface area contributed by atoms with Crippen LogP contribution in [0, 0.1) is 24.7 Å². The summed E-state index contributed by atoms with van der Waals surface area (Å²) < 4.78 is 25.9. The monoisotopic (exact) mass is 216 g/mol. The normalized spacial score (nSPS) is 10.5. The van der Waals surface area contributed by atoms with E-state index in [4.69, 9.17) is 21.9 Å². The zero-order valence-corrected chi connectivity index (χ0v) is 8.96. The Kier molecular flexibility index (Phi) is 7.20. The van der Waals surface area contributed by atoms with Crippen molar-refractivity contribution in [3.05, 3.63) is 0 Å². The molecule has 0 aliphatic rings. The summed E-state index contributed by atoms with van der Waals surface area (Å²) in [7, 11) is -2.21. The molecular weight excluding hydrogens is 203 g/mol.